The van der Waals surface area contributed by atoms with E-state index in [1.807, 2.05) is 31.2 Å². The van der Waals surface area contributed by atoms with Gasteiger partial charge in [0.2, 0.25) is 0 Å². The first kappa shape index (κ1) is 15.3. The molecule has 0 aliphatic rings. The minimum Gasteiger partial charge on any atom is -0.387 e. The highest BCUT2D eigenvalue weighted by Gasteiger charge is 2.15. The summed E-state index contributed by atoms with van der Waals surface area (Å²) in [5.74, 6) is 0. The molecule has 5 nitrogen and oxygen atoms in total. The molecule has 110 valence electrons. The summed E-state index contributed by atoms with van der Waals surface area (Å²) in [5.41, 5.74) is 2.03. The van der Waals surface area contributed by atoms with E-state index in [-0.39, 0.29) is 12.2 Å². The third-order valence-electron chi connectivity index (χ3n) is 3.07. The van der Waals surface area contributed by atoms with E-state index in [9.17, 15) is 15.2 Å². The van der Waals surface area contributed by atoms with Crippen molar-refractivity contribution in [2.75, 3.05) is 11.9 Å². The van der Waals surface area contributed by atoms with Gasteiger partial charge < -0.3 is 10.4 Å². The number of nitro benzene ring substituents is 1. The Kier molecular flexibility index (Phi) is 4.77. The second-order valence-corrected chi connectivity index (χ2v) is 5.17. The van der Waals surface area contributed by atoms with Crippen LogP contribution in [-0.4, -0.2) is 16.6 Å². The quantitative estimate of drug-likeness (QED) is 0.652. The summed E-state index contributed by atoms with van der Waals surface area (Å²) in [7, 11) is 0. The summed E-state index contributed by atoms with van der Waals surface area (Å²) in [6, 6.07) is 11.9. The Labute approximate surface area is 127 Å². The number of hydrogen-bond acceptors (Lipinski definition) is 4. The maximum atomic E-state index is 11.0. The molecule has 0 bridgehead atoms. The number of aliphatic hydroxyl groups is 1. The highest BCUT2D eigenvalue weighted by Crippen LogP contribution is 2.28. The number of nitrogens with zero attached hydrogens (tertiary/aromatic N) is 1. The molecule has 2 aromatic rings. The first-order chi connectivity index (χ1) is 9.97. The minimum atomic E-state index is -0.750. The lowest BCUT2D eigenvalue weighted by molar-refractivity contribution is -0.383. The van der Waals surface area contributed by atoms with Gasteiger partial charge in [0.05, 0.1) is 11.0 Å². The van der Waals surface area contributed by atoms with Gasteiger partial charge in [-0.25, -0.2) is 0 Å². The van der Waals surface area contributed by atoms with Crippen LogP contribution < -0.4 is 5.32 Å². The fourth-order valence-electron chi connectivity index (χ4n) is 2.01. The molecule has 2 N–H and O–H groups in total. The Bertz CT molecular complexity index is 661. The molecule has 0 aliphatic carbocycles. The lowest BCUT2D eigenvalue weighted by Crippen LogP contribution is -2.13. The molecule has 0 amide bonds. The van der Waals surface area contributed by atoms with Gasteiger partial charge in [0.15, 0.2) is 0 Å². The molecule has 0 aromatic heterocycles. The smallest absolute Gasteiger partial charge is 0.293 e. The van der Waals surface area contributed by atoms with E-state index in [1.165, 1.54) is 12.1 Å². The molecule has 2 rings (SSSR count). The molecule has 21 heavy (non-hydrogen) atoms. The van der Waals surface area contributed by atoms with Crippen LogP contribution in [0.2, 0.25) is 5.02 Å². The number of benzene rings is 2. The third kappa shape index (κ3) is 3.93. The first-order valence-corrected chi connectivity index (χ1v) is 6.77. The second-order valence-electron chi connectivity index (χ2n) is 4.73. The molecule has 0 spiro atoms. The SMILES string of the molecule is Cc1cccc(C(O)CNc2ccc(Cl)cc2[N+](=O)[O-])c1. The summed E-state index contributed by atoms with van der Waals surface area (Å²) in [5, 5.41) is 24.3. The Morgan fingerprint density at radius 1 is 1.33 bits per heavy atom. The number of rotatable bonds is 5. The predicted octanol–water partition coefficient (Wildman–Crippen LogP) is 3.70. The number of aliphatic hydroxyl groups excluding tert-OH is 1. The molecular weight excluding hydrogens is 292 g/mol. The van der Waals surface area contributed by atoms with Gasteiger partial charge in [-0.15, -0.1) is 0 Å². The van der Waals surface area contributed by atoms with Crippen LogP contribution >= 0.6 is 11.6 Å². The number of nitrogens with one attached hydrogen (secondary N) is 1. The second kappa shape index (κ2) is 6.56. The van der Waals surface area contributed by atoms with Crippen LogP contribution in [0.5, 0.6) is 0 Å². The number of hydrogen-bond donors (Lipinski definition) is 2. The van der Waals surface area contributed by atoms with Crippen molar-refractivity contribution in [2.24, 2.45) is 0 Å². The van der Waals surface area contributed by atoms with Crippen molar-refractivity contribution in [2.45, 2.75) is 13.0 Å². The highest BCUT2D eigenvalue weighted by molar-refractivity contribution is 6.30. The molecule has 6 heteroatoms. The molecular formula is C15H15ClN2O3. The van der Waals surface area contributed by atoms with E-state index in [2.05, 4.69) is 5.32 Å². The van der Waals surface area contributed by atoms with Gasteiger partial charge in [-0.05, 0) is 24.6 Å². The van der Waals surface area contributed by atoms with Crippen LogP contribution in [0.1, 0.15) is 17.2 Å². The van der Waals surface area contributed by atoms with Gasteiger partial charge in [-0.1, -0.05) is 41.4 Å². The summed E-state index contributed by atoms with van der Waals surface area (Å²) in [6.07, 6.45) is -0.750. The molecule has 0 saturated carbocycles. The zero-order chi connectivity index (χ0) is 15.4. The van der Waals surface area contributed by atoms with Crippen molar-refractivity contribution < 1.29 is 10.0 Å². The summed E-state index contributed by atoms with van der Waals surface area (Å²) in [4.78, 5) is 10.5. The Morgan fingerprint density at radius 2 is 2.10 bits per heavy atom. The summed E-state index contributed by atoms with van der Waals surface area (Å²) >= 11 is 5.76. The average molecular weight is 307 g/mol. The van der Waals surface area contributed by atoms with E-state index in [0.717, 1.165) is 11.1 Å². The van der Waals surface area contributed by atoms with Crippen molar-refractivity contribution in [3.63, 3.8) is 0 Å². The van der Waals surface area contributed by atoms with Gasteiger partial charge in [-0.3, -0.25) is 10.1 Å². The number of anilines is 1. The Balaban J connectivity index is 2.11. The van der Waals surface area contributed by atoms with Crippen molar-refractivity contribution in [1.29, 1.82) is 0 Å². The van der Waals surface area contributed by atoms with Crippen LogP contribution in [0.15, 0.2) is 42.5 Å². The van der Waals surface area contributed by atoms with Gasteiger partial charge in [-0.2, -0.15) is 0 Å². The van der Waals surface area contributed by atoms with Gasteiger partial charge in [0.25, 0.3) is 5.69 Å². The summed E-state index contributed by atoms with van der Waals surface area (Å²) in [6.45, 7) is 2.11. The number of aryl methyl sites for hydroxylation is 1. The van der Waals surface area contributed by atoms with E-state index in [4.69, 9.17) is 11.6 Å². The van der Waals surface area contributed by atoms with Gasteiger partial charge >= 0.3 is 0 Å². The first-order valence-electron chi connectivity index (χ1n) is 6.40. The summed E-state index contributed by atoms with van der Waals surface area (Å²) < 4.78 is 0. The van der Waals surface area contributed by atoms with Crippen molar-refractivity contribution in [3.05, 3.63) is 68.7 Å². The molecule has 0 radical (unpaired) electrons. The molecule has 1 unspecified atom stereocenters. The molecule has 0 saturated heterocycles. The fourth-order valence-corrected chi connectivity index (χ4v) is 2.17. The molecule has 1 atom stereocenters. The van der Waals surface area contributed by atoms with E-state index in [0.29, 0.717) is 10.7 Å². The maximum absolute atomic E-state index is 11.0. The Morgan fingerprint density at radius 3 is 2.76 bits per heavy atom. The van der Waals surface area contributed by atoms with E-state index in [1.54, 1.807) is 6.07 Å². The lowest BCUT2D eigenvalue weighted by Gasteiger charge is -2.14. The van der Waals surface area contributed by atoms with Crippen LogP contribution in [0.4, 0.5) is 11.4 Å². The largest absolute Gasteiger partial charge is 0.387 e. The molecule has 2 aromatic carbocycles. The molecule has 0 fully saturated rings. The zero-order valence-electron chi connectivity index (χ0n) is 11.4. The molecule has 0 heterocycles. The van der Waals surface area contributed by atoms with E-state index < -0.39 is 11.0 Å². The third-order valence-corrected chi connectivity index (χ3v) is 3.30. The number of nitro groups is 1. The van der Waals surface area contributed by atoms with Gasteiger partial charge in [0.1, 0.15) is 5.69 Å². The van der Waals surface area contributed by atoms with Crippen LogP contribution in [0.25, 0.3) is 0 Å². The van der Waals surface area contributed by atoms with Gasteiger partial charge in [0, 0.05) is 17.6 Å². The number of halogens is 1. The normalized spacial score (nSPS) is 12.0. The fraction of sp³-hybridized carbons (Fsp3) is 0.200. The zero-order valence-corrected chi connectivity index (χ0v) is 12.2. The maximum Gasteiger partial charge on any atom is 0.293 e. The van der Waals surface area contributed by atoms with Crippen LogP contribution in [0, 0.1) is 17.0 Å². The van der Waals surface area contributed by atoms with Crippen LogP contribution in [0.3, 0.4) is 0 Å². The van der Waals surface area contributed by atoms with Crippen molar-refractivity contribution in [1.82, 2.24) is 0 Å². The minimum absolute atomic E-state index is 0.112. The topological polar surface area (TPSA) is 75.4 Å². The van der Waals surface area contributed by atoms with Crippen molar-refractivity contribution in [3.8, 4) is 0 Å². The predicted molar refractivity (Wildman–Crippen MR) is 82.7 cm³/mol. The highest BCUT2D eigenvalue weighted by atomic mass is 35.5. The lowest BCUT2D eigenvalue weighted by atomic mass is 10.1. The van der Waals surface area contributed by atoms with Crippen molar-refractivity contribution >= 4 is 23.0 Å². The standard InChI is InChI=1S/C15H15ClN2O3/c1-10-3-2-4-11(7-10)15(19)9-17-13-6-5-12(16)8-14(13)18(20)21/h2-8,15,17,19H,9H2,1H3. The molecule has 0 aliphatic heterocycles. The average Bonchev–Trinajstić information content (AvgIpc) is 2.45. The van der Waals surface area contributed by atoms with Crippen LogP contribution in [-0.2, 0) is 0 Å². The Hall–Kier alpha value is -2.11. The monoisotopic (exact) mass is 306 g/mol. The van der Waals surface area contributed by atoms with E-state index >= 15 is 0 Å².